The molecule has 0 unspecified atom stereocenters. The van der Waals surface area contributed by atoms with E-state index in [0.717, 1.165) is 12.8 Å². The number of hydrogen-bond donors (Lipinski definition) is 3. The quantitative estimate of drug-likeness (QED) is 0.308. The van der Waals surface area contributed by atoms with Gasteiger partial charge in [-0.05, 0) is 49.2 Å². The molecule has 3 rings (SSSR count). The highest BCUT2D eigenvalue weighted by molar-refractivity contribution is 6.35. The molecule has 0 atom stereocenters. The Balaban J connectivity index is 1.60. The van der Waals surface area contributed by atoms with E-state index in [-0.39, 0.29) is 24.3 Å². The minimum Gasteiger partial charge on any atom is -0.497 e. The van der Waals surface area contributed by atoms with E-state index in [1.165, 1.54) is 13.3 Å². The zero-order valence-corrected chi connectivity index (χ0v) is 17.7. The van der Waals surface area contributed by atoms with Gasteiger partial charge < -0.3 is 24.8 Å². The fourth-order valence-electron chi connectivity index (χ4n) is 2.65. The van der Waals surface area contributed by atoms with Crippen molar-refractivity contribution in [2.24, 2.45) is 5.10 Å². The number of rotatable bonds is 9. The van der Waals surface area contributed by atoms with Gasteiger partial charge in [0.05, 0.1) is 20.4 Å². The molecule has 168 valence electrons. The van der Waals surface area contributed by atoms with Crippen LogP contribution in [0.1, 0.15) is 18.4 Å². The zero-order valence-electron chi connectivity index (χ0n) is 17.7. The highest BCUT2D eigenvalue weighted by Gasteiger charge is 2.26. The highest BCUT2D eigenvalue weighted by Crippen LogP contribution is 2.30. The lowest BCUT2D eigenvalue weighted by atomic mass is 10.2. The Kier molecular flexibility index (Phi) is 7.63. The third kappa shape index (κ3) is 6.46. The van der Waals surface area contributed by atoms with Crippen molar-refractivity contribution in [3.8, 4) is 17.2 Å². The van der Waals surface area contributed by atoms with Gasteiger partial charge in [-0.1, -0.05) is 6.07 Å². The molecule has 1 saturated carbocycles. The average Bonchev–Trinajstić information content (AvgIpc) is 3.62. The summed E-state index contributed by atoms with van der Waals surface area (Å²) >= 11 is 0. The van der Waals surface area contributed by atoms with Crippen LogP contribution in [0.25, 0.3) is 0 Å². The molecule has 1 fully saturated rings. The van der Waals surface area contributed by atoms with E-state index < -0.39 is 11.8 Å². The van der Waals surface area contributed by atoms with E-state index in [9.17, 15) is 14.4 Å². The van der Waals surface area contributed by atoms with Crippen molar-refractivity contribution < 1.29 is 28.6 Å². The van der Waals surface area contributed by atoms with Crippen LogP contribution in [0.15, 0.2) is 47.6 Å². The van der Waals surface area contributed by atoms with Crippen LogP contribution < -0.4 is 30.3 Å². The smallest absolute Gasteiger partial charge is 0.329 e. The number of methoxy groups -OCH3 is 2. The Bertz CT molecular complexity index is 1000. The molecule has 2 aromatic rings. The van der Waals surface area contributed by atoms with E-state index in [2.05, 4.69) is 21.2 Å². The Morgan fingerprint density at radius 1 is 1.03 bits per heavy atom. The minimum absolute atomic E-state index is 0.0691. The van der Waals surface area contributed by atoms with E-state index in [0.29, 0.717) is 22.7 Å². The van der Waals surface area contributed by atoms with E-state index in [1.807, 2.05) is 0 Å². The molecule has 0 bridgehead atoms. The molecular formula is C22H24N4O6. The first-order valence-electron chi connectivity index (χ1n) is 9.87. The van der Waals surface area contributed by atoms with E-state index in [4.69, 9.17) is 14.2 Å². The monoisotopic (exact) mass is 440 g/mol. The fraction of sp³-hybridized carbons (Fsp3) is 0.273. The highest BCUT2D eigenvalue weighted by atomic mass is 16.5. The number of nitrogens with zero attached hydrogens (tertiary/aromatic N) is 1. The van der Waals surface area contributed by atoms with Gasteiger partial charge in [0.15, 0.2) is 18.1 Å². The summed E-state index contributed by atoms with van der Waals surface area (Å²) in [6.45, 7) is -0.288. The Hall–Kier alpha value is -4.08. The Labute approximate surface area is 184 Å². The number of para-hydroxylation sites is 1. The van der Waals surface area contributed by atoms with Crippen LogP contribution in [-0.2, 0) is 14.4 Å². The fourth-order valence-corrected chi connectivity index (χ4v) is 2.65. The molecule has 3 amide bonds. The summed E-state index contributed by atoms with van der Waals surface area (Å²) < 4.78 is 16.0. The van der Waals surface area contributed by atoms with Gasteiger partial charge in [-0.3, -0.25) is 14.4 Å². The minimum atomic E-state index is -0.864. The van der Waals surface area contributed by atoms with Crippen molar-refractivity contribution in [3.63, 3.8) is 0 Å². The molecule has 0 aromatic heterocycles. The second-order valence-corrected chi connectivity index (χ2v) is 6.89. The molecule has 1 aliphatic carbocycles. The van der Waals surface area contributed by atoms with Crippen LogP contribution in [0.4, 0.5) is 5.69 Å². The second-order valence-electron chi connectivity index (χ2n) is 6.89. The molecule has 0 radical (unpaired) electrons. The summed E-state index contributed by atoms with van der Waals surface area (Å²) in [7, 11) is 3.02. The lowest BCUT2D eigenvalue weighted by Crippen LogP contribution is -2.38. The van der Waals surface area contributed by atoms with E-state index in [1.54, 1.807) is 49.6 Å². The first-order valence-corrected chi connectivity index (χ1v) is 9.87. The average molecular weight is 440 g/mol. The second kappa shape index (κ2) is 10.8. The third-order valence-corrected chi connectivity index (χ3v) is 4.44. The molecule has 1 aliphatic rings. The van der Waals surface area contributed by atoms with Crippen molar-refractivity contribution in [3.05, 3.63) is 48.0 Å². The maximum Gasteiger partial charge on any atom is 0.329 e. The topological polar surface area (TPSA) is 127 Å². The van der Waals surface area contributed by atoms with Gasteiger partial charge in [0, 0.05) is 17.3 Å². The van der Waals surface area contributed by atoms with Gasteiger partial charge in [0.2, 0.25) is 0 Å². The third-order valence-electron chi connectivity index (χ3n) is 4.44. The molecule has 32 heavy (non-hydrogen) atoms. The molecule has 2 aromatic carbocycles. The number of hydrazone groups is 1. The van der Waals surface area contributed by atoms with Crippen LogP contribution in [0, 0.1) is 0 Å². The predicted octanol–water partition coefficient (Wildman–Crippen LogP) is 1.45. The Morgan fingerprint density at radius 3 is 2.44 bits per heavy atom. The zero-order chi connectivity index (χ0) is 22.9. The normalized spacial score (nSPS) is 12.7. The molecule has 0 saturated heterocycles. The molecule has 0 heterocycles. The molecule has 3 N–H and O–H groups in total. The number of anilines is 1. The van der Waals surface area contributed by atoms with Gasteiger partial charge in [0.25, 0.3) is 5.91 Å². The molecule has 0 spiro atoms. The Morgan fingerprint density at radius 2 is 1.78 bits per heavy atom. The largest absolute Gasteiger partial charge is 0.497 e. The SMILES string of the molecule is COc1ccc(NC(=O)COc2c(/C=N\NC(=O)C(=O)NC3CC3)cccc2OC)cc1. The summed E-state index contributed by atoms with van der Waals surface area (Å²) in [5.41, 5.74) is 3.21. The van der Waals surface area contributed by atoms with Crippen LogP contribution in [0.5, 0.6) is 17.2 Å². The maximum absolute atomic E-state index is 12.3. The van der Waals surface area contributed by atoms with Crippen molar-refractivity contribution >= 4 is 29.6 Å². The van der Waals surface area contributed by atoms with Crippen molar-refractivity contribution in [2.45, 2.75) is 18.9 Å². The first-order chi connectivity index (χ1) is 15.5. The summed E-state index contributed by atoms with van der Waals surface area (Å²) in [5.74, 6) is -0.660. The van der Waals surface area contributed by atoms with Crippen LogP contribution in [-0.4, -0.2) is 50.8 Å². The van der Waals surface area contributed by atoms with E-state index >= 15 is 0 Å². The molecule has 0 aliphatic heterocycles. The number of benzene rings is 2. The van der Waals surface area contributed by atoms with Gasteiger partial charge in [-0.2, -0.15) is 5.10 Å². The van der Waals surface area contributed by atoms with Crippen molar-refractivity contribution in [2.75, 3.05) is 26.1 Å². The lowest BCUT2D eigenvalue weighted by Gasteiger charge is -2.13. The van der Waals surface area contributed by atoms with Crippen LogP contribution in [0.3, 0.4) is 0 Å². The molecular weight excluding hydrogens is 416 g/mol. The number of nitrogens with one attached hydrogen (secondary N) is 3. The predicted molar refractivity (Wildman–Crippen MR) is 117 cm³/mol. The number of ether oxygens (including phenoxy) is 3. The first kappa shape index (κ1) is 22.6. The van der Waals surface area contributed by atoms with Crippen LogP contribution in [0.2, 0.25) is 0 Å². The van der Waals surface area contributed by atoms with Gasteiger partial charge in [0.1, 0.15) is 5.75 Å². The van der Waals surface area contributed by atoms with Gasteiger partial charge >= 0.3 is 11.8 Å². The van der Waals surface area contributed by atoms with Crippen molar-refractivity contribution in [1.82, 2.24) is 10.7 Å². The number of amides is 3. The molecule has 10 heteroatoms. The number of hydrogen-bond acceptors (Lipinski definition) is 7. The summed E-state index contributed by atoms with van der Waals surface area (Å²) in [6.07, 6.45) is 3.05. The standard InChI is InChI=1S/C22H24N4O6/c1-30-17-10-8-15(9-11-17)24-19(27)13-32-20-14(4-3-5-18(20)31-2)12-23-26-22(29)21(28)25-16-6-7-16/h3-5,8-12,16H,6-7,13H2,1-2H3,(H,24,27)(H,25,28)(H,26,29)/b23-12-. The summed E-state index contributed by atoms with van der Waals surface area (Å²) in [6, 6.07) is 12.0. The lowest BCUT2D eigenvalue weighted by molar-refractivity contribution is -0.139. The maximum atomic E-state index is 12.3. The summed E-state index contributed by atoms with van der Waals surface area (Å²) in [4.78, 5) is 35.7. The molecule has 10 nitrogen and oxygen atoms in total. The van der Waals surface area contributed by atoms with Crippen LogP contribution >= 0.6 is 0 Å². The van der Waals surface area contributed by atoms with Gasteiger partial charge in [-0.15, -0.1) is 0 Å². The summed E-state index contributed by atoms with van der Waals surface area (Å²) in [5, 5.41) is 9.09. The number of carbonyl (C=O) groups excluding carboxylic acids is 3. The van der Waals surface area contributed by atoms with Crippen molar-refractivity contribution in [1.29, 1.82) is 0 Å². The van der Waals surface area contributed by atoms with Gasteiger partial charge in [-0.25, -0.2) is 5.43 Å². The number of carbonyl (C=O) groups is 3.